The van der Waals surface area contributed by atoms with E-state index in [-0.39, 0.29) is 0 Å². The van der Waals surface area contributed by atoms with Crippen LogP contribution in [-0.4, -0.2) is 10.5 Å². The van der Waals surface area contributed by atoms with Crippen molar-refractivity contribution in [2.75, 3.05) is 5.75 Å². The van der Waals surface area contributed by atoms with E-state index in [1.54, 1.807) is 0 Å². The third-order valence-corrected chi connectivity index (χ3v) is 5.10. The number of thioether (sulfide) groups is 1. The van der Waals surface area contributed by atoms with Crippen molar-refractivity contribution in [1.29, 1.82) is 0 Å². The van der Waals surface area contributed by atoms with Crippen molar-refractivity contribution in [3.63, 3.8) is 0 Å². The highest BCUT2D eigenvalue weighted by molar-refractivity contribution is 8.02. The Morgan fingerprint density at radius 1 is 1.18 bits per heavy atom. The number of rotatable bonds is 1. The minimum Gasteiger partial charge on any atom is -0.155 e. The van der Waals surface area contributed by atoms with E-state index in [9.17, 15) is 0 Å². The Labute approximate surface area is 74.1 Å². The quantitative estimate of drug-likeness (QED) is 0.580. The second-order valence-corrected chi connectivity index (χ2v) is 5.88. The summed E-state index contributed by atoms with van der Waals surface area (Å²) in [6.45, 7) is 2.48. The van der Waals surface area contributed by atoms with Crippen LogP contribution in [0.3, 0.4) is 0 Å². The Kier molecular flexibility index (Phi) is 2.18. The van der Waals surface area contributed by atoms with Gasteiger partial charge >= 0.3 is 0 Å². The van der Waals surface area contributed by atoms with Gasteiger partial charge in [-0.15, -0.1) is 0 Å². The van der Waals surface area contributed by atoms with Gasteiger partial charge in [0.15, 0.2) is 0 Å². The maximum absolute atomic E-state index is 2.48. The van der Waals surface area contributed by atoms with Gasteiger partial charge in [-0.1, -0.05) is 26.2 Å². The van der Waals surface area contributed by atoms with Crippen LogP contribution in [0.15, 0.2) is 0 Å². The molecule has 0 radical (unpaired) electrons. The second kappa shape index (κ2) is 3.01. The minimum atomic E-state index is 0.709. The first-order valence-electron chi connectivity index (χ1n) is 4.95. The third-order valence-electron chi connectivity index (χ3n) is 3.50. The van der Waals surface area contributed by atoms with Crippen LogP contribution in [-0.2, 0) is 0 Å². The number of hydrogen-bond donors (Lipinski definition) is 0. The smallest absolute Gasteiger partial charge is 0.0167 e. The lowest BCUT2D eigenvalue weighted by Crippen LogP contribution is -2.40. The Balaban J connectivity index is 1.91. The molecular formula is C10H18S. The van der Waals surface area contributed by atoms with E-state index < -0.39 is 0 Å². The van der Waals surface area contributed by atoms with E-state index in [0.717, 1.165) is 5.92 Å². The lowest BCUT2D eigenvalue weighted by Gasteiger charge is -2.46. The molecule has 1 heterocycles. The Morgan fingerprint density at radius 2 is 1.82 bits per heavy atom. The minimum absolute atomic E-state index is 0.709. The predicted molar refractivity (Wildman–Crippen MR) is 52.1 cm³/mol. The summed E-state index contributed by atoms with van der Waals surface area (Å²) < 4.78 is 0.709. The van der Waals surface area contributed by atoms with E-state index in [1.807, 2.05) is 0 Å². The van der Waals surface area contributed by atoms with Crippen molar-refractivity contribution < 1.29 is 0 Å². The largest absolute Gasteiger partial charge is 0.155 e. The molecule has 0 N–H and O–H groups in total. The molecule has 64 valence electrons. The average Bonchev–Trinajstić information content (AvgIpc) is 2.02. The lowest BCUT2D eigenvalue weighted by molar-refractivity contribution is 0.276. The summed E-state index contributed by atoms with van der Waals surface area (Å²) >= 11 is 2.21. The van der Waals surface area contributed by atoms with Crippen molar-refractivity contribution in [2.24, 2.45) is 5.92 Å². The van der Waals surface area contributed by atoms with Crippen molar-refractivity contribution in [2.45, 2.75) is 50.2 Å². The molecule has 1 atom stereocenters. The van der Waals surface area contributed by atoms with Gasteiger partial charge in [-0.05, 0) is 30.9 Å². The van der Waals surface area contributed by atoms with Crippen LogP contribution in [0, 0.1) is 5.92 Å². The van der Waals surface area contributed by atoms with Gasteiger partial charge in [-0.25, -0.2) is 0 Å². The topological polar surface area (TPSA) is 0 Å². The molecule has 2 fully saturated rings. The molecule has 0 aromatic carbocycles. The van der Waals surface area contributed by atoms with Crippen molar-refractivity contribution in [3.05, 3.63) is 0 Å². The molecule has 1 aliphatic heterocycles. The molecule has 0 aromatic heterocycles. The van der Waals surface area contributed by atoms with Gasteiger partial charge in [0.25, 0.3) is 0 Å². The van der Waals surface area contributed by atoms with Crippen molar-refractivity contribution >= 4 is 11.8 Å². The molecule has 1 unspecified atom stereocenters. The SMILES string of the molecule is CC1(C2CCCCC2)CCS1. The summed E-state index contributed by atoms with van der Waals surface area (Å²) in [6.07, 6.45) is 9.02. The van der Waals surface area contributed by atoms with Gasteiger partial charge in [0.1, 0.15) is 0 Å². The van der Waals surface area contributed by atoms with Crippen LogP contribution >= 0.6 is 11.8 Å². The highest BCUT2D eigenvalue weighted by Crippen LogP contribution is 2.50. The average molecular weight is 170 g/mol. The molecule has 1 saturated heterocycles. The molecule has 11 heavy (non-hydrogen) atoms. The first-order valence-corrected chi connectivity index (χ1v) is 5.94. The van der Waals surface area contributed by atoms with E-state index in [0.29, 0.717) is 4.75 Å². The first-order chi connectivity index (χ1) is 5.31. The molecule has 0 aromatic rings. The van der Waals surface area contributed by atoms with Gasteiger partial charge in [0.2, 0.25) is 0 Å². The molecular weight excluding hydrogens is 152 g/mol. The van der Waals surface area contributed by atoms with E-state index in [4.69, 9.17) is 0 Å². The summed E-state index contributed by atoms with van der Waals surface area (Å²) in [7, 11) is 0. The van der Waals surface area contributed by atoms with E-state index in [1.165, 1.54) is 44.3 Å². The van der Waals surface area contributed by atoms with Crippen LogP contribution in [0.1, 0.15) is 45.4 Å². The molecule has 0 nitrogen and oxygen atoms in total. The van der Waals surface area contributed by atoms with E-state index >= 15 is 0 Å². The molecule has 1 heteroatoms. The summed E-state index contributed by atoms with van der Waals surface area (Å²) in [4.78, 5) is 0. The normalized spacial score (nSPS) is 40.1. The van der Waals surface area contributed by atoms with Crippen LogP contribution in [0.5, 0.6) is 0 Å². The summed E-state index contributed by atoms with van der Waals surface area (Å²) in [5.41, 5.74) is 0. The maximum Gasteiger partial charge on any atom is 0.0167 e. The fraction of sp³-hybridized carbons (Fsp3) is 1.00. The van der Waals surface area contributed by atoms with Gasteiger partial charge in [-0.3, -0.25) is 0 Å². The zero-order valence-electron chi connectivity index (χ0n) is 7.44. The molecule has 2 aliphatic rings. The summed E-state index contributed by atoms with van der Waals surface area (Å²) in [5, 5.41) is 0. The van der Waals surface area contributed by atoms with Crippen LogP contribution in [0.25, 0.3) is 0 Å². The van der Waals surface area contributed by atoms with Gasteiger partial charge in [0, 0.05) is 4.75 Å². The third kappa shape index (κ3) is 1.44. The molecule has 0 amide bonds. The first kappa shape index (κ1) is 7.97. The number of hydrogen-bond acceptors (Lipinski definition) is 1. The maximum atomic E-state index is 2.48. The lowest BCUT2D eigenvalue weighted by atomic mass is 9.78. The van der Waals surface area contributed by atoms with Crippen LogP contribution < -0.4 is 0 Å². The zero-order chi connectivity index (χ0) is 7.73. The van der Waals surface area contributed by atoms with Crippen LogP contribution in [0.2, 0.25) is 0 Å². The van der Waals surface area contributed by atoms with Gasteiger partial charge in [-0.2, -0.15) is 11.8 Å². The molecule has 0 bridgehead atoms. The van der Waals surface area contributed by atoms with Gasteiger partial charge < -0.3 is 0 Å². The Hall–Kier alpha value is 0.350. The highest BCUT2D eigenvalue weighted by Gasteiger charge is 2.40. The van der Waals surface area contributed by atoms with Crippen molar-refractivity contribution in [3.8, 4) is 0 Å². The van der Waals surface area contributed by atoms with E-state index in [2.05, 4.69) is 18.7 Å². The Bertz CT molecular complexity index is 132. The standard InChI is InChI=1S/C10H18S/c1-10(7-8-11-10)9-5-3-2-4-6-9/h9H,2-8H2,1H3. The zero-order valence-corrected chi connectivity index (χ0v) is 8.25. The fourth-order valence-corrected chi connectivity index (χ4v) is 3.78. The monoisotopic (exact) mass is 170 g/mol. The Morgan fingerprint density at radius 3 is 2.27 bits per heavy atom. The van der Waals surface area contributed by atoms with Crippen LogP contribution in [0.4, 0.5) is 0 Å². The predicted octanol–water partition coefficient (Wildman–Crippen LogP) is 3.46. The molecule has 2 rings (SSSR count). The summed E-state index contributed by atoms with van der Waals surface area (Å²) in [5.74, 6) is 2.49. The molecule has 0 spiro atoms. The second-order valence-electron chi connectivity index (χ2n) is 4.25. The molecule has 1 saturated carbocycles. The molecule has 1 aliphatic carbocycles. The van der Waals surface area contributed by atoms with Crippen molar-refractivity contribution in [1.82, 2.24) is 0 Å². The fourth-order valence-electron chi connectivity index (χ4n) is 2.46. The summed E-state index contributed by atoms with van der Waals surface area (Å²) in [6, 6.07) is 0. The highest BCUT2D eigenvalue weighted by atomic mass is 32.2. The van der Waals surface area contributed by atoms with Gasteiger partial charge in [0.05, 0.1) is 0 Å².